The molecule has 2 nitrogen and oxygen atoms in total. The molecule has 1 aliphatic heterocycles. The number of hydrogen-bond donors (Lipinski definition) is 1. The third-order valence-electron chi connectivity index (χ3n) is 5.84. The molecule has 0 aromatic heterocycles. The Labute approximate surface area is 120 Å². The molecule has 1 atom stereocenters. The Morgan fingerprint density at radius 3 is 2.26 bits per heavy atom. The summed E-state index contributed by atoms with van der Waals surface area (Å²) in [5.41, 5.74) is 7.03. The predicted molar refractivity (Wildman–Crippen MR) is 83.2 cm³/mol. The molecule has 0 amide bonds. The van der Waals surface area contributed by atoms with Crippen molar-refractivity contribution in [1.82, 2.24) is 4.90 Å². The van der Waals surface area contributed by atoms with E-state index < -0.39 is 0 Å². The summed E-state index contributed by atoms with van der Waals surface area (Å²) in [6.07, 6.45) is 8.09. The summed E-state index contributed by atoms with van der Waals surface area (Å²) in [6, 6.07) is 0. The fraction of sp³-hybridized carbons (Fsp3) is 1.00. The molecule has 2 rings (SSSR count). The van der Waals surface area contributed by atoms with Crippen LogP contribution in [0.15, 0.2) is 0 Å². The van der Waals surface area contributed by atoms with E-state index in [2.05, 4.69) is 32.6 Å². The van der Waals surface area contributed by atoms with Crippen molar-refractivity contribution in [2.75, 3.05) is 19.6 Å². The van der Waals surface area contributed by atoms with Crippen LogP contribution in [0.5, 0.6) is 0 Å². The molecule has 112 valence electrons. The number of likely N-dealkylation sites (tertiary alicyclic amines) is 1. The summed E-state index contributed by atoms with van der Waals surface area (Å²) in [7, 11) is 0. The summed E-state index contributed by atoms with van der Waals surface area (Å²) in [5.74, 6) is 1.78. The number of nitrogens with zero attached hydrogens (tertiary/aromatic N) is 1. The molecule has 1 aliphatic carbocycles. The predicted octanol–water partition coefficient (Wildman–Crippen LogP) is 3.65. The van der Waals surface area contributed by atoms with Crippen LogP contribution in [0, 0.1) is 17.3 Å². The van der Waals surface area contributed by atoms with Crippen LogP contribution < -0.4 is 5.73 Å². The van der Waals surface area contributed by atoms with Gasteiger partial charge >= 0.3 is 0 Å². The fourth-order valence-electron chi connectivity index (χ4n) is 4.58. The topological polar surface area (TPSA) is 29.3 Å². The van der Waals surface area contributed by atoms with Crippen molar-refractivity contribution in [2.24, 2.45) is 23.0 Å². The summed E-state index contributed by atoms with van der Waals surface area (Å²) < 4.78 is 0. The average molecular weight is 266 g/mol. The van der Waals surface area contributed by atoms with Crippen molar-refractivity contribution < 1.29 is 0 Å². The van der Waals surface area contributed by atoms with E-state index in [0.717, 1.165) is 18.4 Å². The monoisotopic (exact) mass is 266 g/mol. The lowest BCUT2D eigenvalue weighted by Gasteiger charge is -2.53. The first-order valence-electron chi connectivity index (χ1n) is 8.34. The molecule has 0 aromatic rings. The molecule has 0 radical (unpaired) electrons. The van der Waals surface area contributed by atoms with Gasteiger partial charge in [0.2, 0.25) is 0 Å². The normalized spacial score (nSPS) is 33.8. The molecular formula is C17H34N2. The molecule has 1 saturated heterocycles. The minimum atomic E-state index is 0.309. The highest BCUT2D eigenvalue weighted by Crippen LogP contribution is 2.44. The fourth-order valence-corrected chi connectivity index (χ4v) is 4.58. The first-order valence-corrected chi connectivity index (χ1v) is 8.34. The number of hydrogen-bond acceptors (Lipinski definition) is 2. The first-order chi connectivity index (χ1) is 8.88. The maximum absolute atomic E-state index is 6.24. The summed E-state index contributed by atoms with van der Waals surface area (Å²) >= 11 is 0. The maximum atomic E-state index is 6.24. The number of rotatable bonds is 3. The van der Waals surface area contributed by atoms with Gasteiger partial charge in [-0.15, -0.1) is 0 Å². The number of piperidine rings is 1. The van der Waals surface area contributed by atoms with E-state index in [-0.39, 0.29) is 0 Å². The molecule has 2 N–H and O–H groups in total. The molecule has 1 heterocycles. The minimum Gasteiger partial charge on any atom is -0.329 e. The molecule has 1 unspecified atom stereocenters. The van der Waals surface area contributed by atoms with Gasteiger partial charge in [-0.1, -0.05) is 34.1 Å². The van der Waals surface area contributed by atoms with E-state index in [9.17, 15) is 0 Å². The zero-order valence-corrected chi connectivity index (χ0v) is 13.5. The Bertz CT molecular complexity index is 290. The first kappa shape index (κ1) is 15.3. The van der Waals surface area contributed by atoms with Gasteiger partial charge in [0.1, 0.15) is 0 Å². The van der Waals surface area contributed by atoms with Crippen molar-refractivity contribution in [1.29, 1.82) is 0 Å². The van der Waals surface area contributed by atoms with Crippen molar-refractivity contribution in [3.05, 3.63) is 0 Å². The smallest absolute Gasteiger partial charge is 0.0336 e. The summed E-state index contributed by atoms with van der Waals surface area (Å²) in [4.78, 5) is 2.76. The van der Waals surface area contributed by atoms with Crippen molar-refractivity contribution in [3.63, 3.8) is 0 Å². The van der Waals surface area contributed by atoms with Crippen LogP contribution in [0.25, 0.3) is 0 Å². The second-order valence-corrected chi connectivity index (χ2v) is 8.19. The zero-order valence-electron chi connectivity index (χ0n) is 13.5. The molecule has 0 bridgehead atoms. The van der Waals surface area contributed by atoms with Crippen LogP contribution in [0.1, 0.15) is 66.2 Å². The highest BCUT2D eigenvalue weighted by molar-refractivity contribution is 5.00. The van der Waals surface area contributed by atoms with Gasteiger partial charge in [0, 0.05) is 12.1 Å². The standard InChI is InChI=1S/C17H34N2/c1-14(2)15-6-10-19(11-7-15)17(13-18)9-5-8-16(3,4)12-17/h14-15H,5-13,18H2,1-4H3. The number of nitrogens with two attached hydrogens (primary N) is 1. The van der Waals surface area contributed by atoms with Gasteiger partial charge in [-0.3, -0.25) is 4.90 Å². The maximum Gasteiger partial charge on any atom is 0.0336 e. The van der Waals surface area contributed by atoms with Gasteiger partial charge in [-0.25, -0.2) is 0 Å². The molecular weight excluding hydrogens is 232 g/mol. The quantitative estimate of drug-likeness (QED) is 0.845. The van der Waals surface area contributed by atoms with Crippen LogP contribution in [-0.4, -0.2) is 30.1 Å². The third-order valence-corrected chi connectivity index (χ3v) is 5.84. The van der Waals surface area contributed by atoms with Crippen LogP contribution in [-0.2, 0) is 0 Å². The van der Waals surface area contributed by atoms with E-state index in [1.165, 1.54) is 51.6 Å². The van der Waals surface area contributed by atoms with E-state index in [1.54, 1.807) is 0 Å². The van der Waals surface area contributed by atoms with Gasteiger partial charge in [-0.2, -0.15) is 0 Å². The molecule has 0 aromatic carbocycles. The summed E-state index contributed by atoms with van der Waals surface area (Å²) in [6.45, 7) is 13.0. The lowest BCUT2D eigenvalue weighted by molar-refractivity contribution is -0.0147. The average Bonchev–Trinajstić information content (AvgIpc) is 2.37. The molecule has 2 fully saturated rings. The lowest BCUT2D eigenvalue weighted by atomic mass is 9.66. The van der Waals surface area contributed by atoms with E-state index >= 15 is 0 Å². The minimum absolute atomic E-state index is 0.309. The van der Waals surface area contributed by atoms with Crippen molar-refractivity contribution >= 4 is 0 Å². The summed E-state index contributed by atoms with van der Waals surface area (Å²) in [5, 5.41) is 0. The van der Waals surface area contributed by atoms with Gasteiger partial charge in [0.05, 0.1) is 0 Å². The van der Waals surface area contributed by atoms with Crippen molar-refractivity contribution in [2.45, 2.75) is 71.8 Å². The Kier molecular flexibility index (Phi) is 4.62. The van der Waals surface area contributed by atoms with Crippen LogP contribution in [0.2, 0.25) is 0 Å². The zero-order chi connectivity index (χ0) is 14.1. The highest BCUT2D eigenvalue weighted by atomic mass is 15.2. The Morgan fingerprint density at radius 2 is 1.79 bits per heavy atom. The third kappa shape index (κ3) is 3.33. The molecule has 1 saturated carbocycles. The van der Waals surface area contributed by atoms with Gasteiger partial charge in [0.15, 0.2) is 0 Å². The molecule has 2 aliphatic rings. The van der Waals surface area contributed by atoms with Crippen LogP contribution >= 0.6 is 0 Å². The second kappa shape index (κ2) is 5.73. The van der Waals surface area contributed by atoms with E-state index in [0.29, 0.717) is 11.0 Å². The molecule has 19 heavy (non-hydrogen) atoms. The van der Waals surface area contributed by atoms with Crippen molar-refractivity contribution in [3.8, 4) is 0 Å². The molecule has 2 heteroatoms. The van der Waals surface area contributed by atoms with Gasteiger partial charge in [0.25, 0.3) is 0 Å². The van der Waals surface area contributed by atoms with Crippen LogP contribution in [0.3, 0.4) is 0 Å². The molecule has 0 spiro atoms. The Balaban J connectivity index is 2.02. The van der Waals surface area contributed by atoms with Gasteiger partial charge in [-0.05, 0) is 62.4 Å². The largest absolute Gasteiger partial charge is 0.329 e. The lowest BCUT2D eigenvalue weighted by Crippen LogP contribution is -2.59. The SMILES string of the molecule is CC(C)C1CCN(C2(CN)CCCC(C)(C)C2)CC1. The van der Waals surface area contributed by atoms with E-state index in [4.69, 9.17) is 5.73 Å². The Hall–Kier alpha value is -0.0800. The van der Waals surface area contributed by atoms with E-state index in [1.807, 2.05) is 0 Å². The Morgan fingerprint density at radius 1 is 1.16 bits per heavy atom. The highest BCUT2D eigenvalue weighted by Gasteiger charge is 2.44. The van der Waals surface area contributed by atoms with Gasteiger partial charge < -0.3 is 5.73 Å². The van der Waals surface area contributed by atoms with Crippen LogP contribution in [0.4, 0.5) is 0 Å². The second-order valence-electron chi connectivity index (χ2n) is 8.19.